The predicted octanol–water partition coefficient (Wildman–Crippen LogP) is 3.44. The highest BCUT2D eigenvalue weighted by molar-refractivity contribution is 6.07. The SMILES string of the molecule is COc1ccc(OC)c(NC(=O)/C(C#N)=C\Nc2cc(F)ccc2F)c1. The van der Waals surface area contributed by atoms with E-state index in [1.807, 2.05) is 0 Å². The molecule has 0 aliphatic rings. The van der Waals surface area contributed by atoms with E-state index in [1.54, 1.807) is 18.2 Å². The summed E-state index contributed by atoms with van der Waals surface area (Å²) < 4.78 is 37.0. The fraction of sp³-hybridized carbons (Fsp3) is 0.111. The van der Waals surface area contributed by atoms with E-state index in [0.717, 1.165) is 24.4 Å². The summed E-state index contributed by atoms with van der Waals surface area (Å²) in [4.78, 5) is 12.3. The van der Waals surface area contributed by atoms with Crippen LogP contribution in [0.15, 0.2) is 48.2 Å². The van der Waals surface area contributed by atoms with Crippen molar-refractivity contribution in [1.29, 1.82) is 5.26 Å². The van der Waals surface area contributed by atoms with Gasteiger partial charge in [-0.25, -0.2) is 8.78 Å². The van der Waals surface area contributed by atoms with Crippen molar-refractivity contribution in [2.24, 2.45) is 0 Å². The molecule has 0 heterocycles. The van der Waals surface area contributed by atoms with Gasteiger partial charge in [-0.15, -0.1) is 0 Å². The molecule has 0 saturated heterocycles. The van der Waals surface area contributed by atoms with Gasteiger partial charge in [0, 0.05) is 18.3 Å². The van der Waals surface area contributed by atoms with Gasteiger partial charge in [-0.3, -0.25) is 4.79 Å². The van der Waals surface area contributed by atoms with Crippen LogP contribution in [0.5, 0.6) is 11.5 Å². The van der Waals surface area contributed by atoms with E-state index in [-0.39, 0.29) is 16.9 Å². The Morgan fingerprint density at radius 1 is 1.12 bits per heavy atom. The number of anilines is 2. The average molecular weight is 359 g/mol. The number of carbonyl (C=O) groups excluding carboxylic acids is 1. The summed E-state index contributed by atoms with van der Waals surface area (Å²) in [5, 5.41) is 14.1. The summed E-state index contributed by atoms with van der Waals surface area (Å²) in [6, 6.07) is 9.23. The lowest BCUT2D eigenvalue weighted by atomic mass is 10.2. The number of hydrogen-bond acceptors (Lipinski definition) is 5. The number of carbonyl (C=O) groups is 1. The third-order valence-corrected chi connectivity index (χ3v) is 3.32. The first-order chi connectivity index (χ1) is 12.5. The van der Waals surface area contributed by atoms with Crippen molar-refractivity contribution in [1.82, 2.24) is 0 Å². The molecule has 2 aromatic rings. The van der Waals surface area contributed by atoms with E-state index in [9.17, 15) is 13.6 Å². The molecule has 134 valence electrons. The number of halogens is 2. The van der Waals surface area contributed by atoms with Crippen LogP contribution in [0, 0.1) is 23.0 Å². The van der Waals surface area contributed by atoms with E-state index in [1.165, 1.54) is 20.3 Å². The van der Waals surface area contributed by atoms with Crippen LogP contribution in [0.3, 0.4) is 0 Å². The van der Waals surface area contributed by atoms with Crippen molar-refractivity contribution in [3.63, 3.8) is 0 Å². The summed E-state index contributed by atoms with van der Waals surface area (Å²) in [5.41, 5.74) is -0.266. The minimum Gasteiger partial charge on any atom is -0.497 e. The van der Waals surface area contributed by atoms with Crippen LogP contribution in [-0.4, -0.2) is 20.1 Å². The minimum atomic E-state index is -0.761. The Bertz CT molecular complexity index is 892. The number of benzene rings is 2. The number of amides is 1. The maximum atomic E-state index is 13.6. The predicted molar refractivity (Wildman–Crippen MR) is 91.9 cm³/mol. The van der Waals surface area contributed by atoms with Crippen LogP contribution in [0.2, 0.25) is 0 Å². The Labute approximate surface area is 148 Å². The lowest BCUT2D eigenvalue weighted by molar-refractivity contribution is -0.112. The van der Waals surface area contributed by atoms with E-state index in [2.05, 4.69) is 10.6 Å². The number of rotatable bonds is 6. The monoisotopic (exact) mass is 359 g/mol. The van der Waals surface area contributed by atoms with Crippen molar-refractivity contribution >= 4 is 17.3 Å². The number of nitrogens with one attached hydrogen (secondary N) is 2. The molecule has 0 aromatic heterocycles. The van der Waals surface area contributed by atoms with Crippen LogP contribution in [-0.2, 0) is 4.79 Å². The molecular formula is C18H15F2N3O3. The molecule has 0 saturated carbocycles. The fourth-order valence-electron chi connectivity index (χ4n) is 2.01. The van der Waals surface area contributed by atoms with Crippen molar-refractivity contribution in [2.45, 2.75) is 0 Å². The Morgan fingerprint density at radius 2 is 1.88 bits per heavy atom. The van der Waals surface area contributed by atoms with E-state index in [4.69, 9.17) is 14.7 Å². The van der Waals surface area contributed by atoms with Crippen LogP contribution < -0.4 is 20.1 Å². The molecule has 0 aliphatic carbocycles. The zero-order chi connectivity index (χ0) is 19.1. The molecule has 8 heteroatoms. The van der Waals surface area contributed by atoms with Crippen molar-refractivity contribution in [3.05, 3.63) is 59.8 Å². The zero-order valence-corrected chi connectivity index (χ0v) is 14.0. The molecule has 0 bridgehead atoms. The molecule has 0 radical (unpaired) electrons. The number of nitriles is 1. The molecule has 0 spiro atoms. The highest BCUT2D eigenvalue weighted by Gasteiger charge is 2.14. The summed E-state index contributed by atoms with van der Waals surface area (Å²) >= 11 is 0. The topological polar surface area (TPSA) is 83.4 Å². The molecule has 2 N–H and O–H groups in total. The molecule has 0 aliphatic heterocycles. The van der Waals surface area contributed by atoms with Crippen molar-refractivity contribution in [3.8, 4) is 17.6 Å². The Balaban J connectivity index is 2.21. The number of nitrogens with zero attached hydrogens (tertiary/aromatic N) is 1. The van der Waals surface area contributed by atoms with Gasteiger partial charge in [0.25, 0.3) is 5.91 Å². The van der Waals surface area contributed by atoms with Gasteiger partial charge >= 0.3 is 0 Å². The highest BCUT2D eigenvalue weighted by Crippen LogP contribution is 2.29. The molecule has 0 atom stereocenters. The lowest BCUT2D eigenvalue weighted by Crippen LogP contribution is -2.15. The number of hydrogen-bond donors (Lipinski definition) is 2. The van der Waals surface area contributed by atoms with Gasteiger partial charge in [0.2, 0.25) is 0 Å². The molecule has 2 rings (SSSR count). The van der Waals surface area contributed by atoms with Gasteiger partial charge in [0.05, 0.1) is 25.6 Å². The Kier molecular flexibility index (Phi) is 6.11. The number of ether oxygens (including phenoxy) is 2. The maximum absolute atomic E-state index is 13.6. The summed E-state index contributed by atoms with van der Waals surface area (Å²) in [5.74, 6) is -1.31. The smallest absolute Gasteiger partial charge is 0.267 e. The van der Waals surface area contributed by atoms with Gasteiger partial charge in [-0.1, -0.05) is 0 Å². The first-order valence-corrected chi connectivity index (χ1v) is 7.33. The van der Waals surface area contributed by atoms with Crippen LogP contribution in [0.4, 0.5) is 20.2 Å². The summed E-state index contributed by atoms with van der Waals surface area (Å²) in [7, 11) is 2.89. The Hall–Kier alpha value is -3.60. The zero-order valence-electron chi connectivity index (χ0n) is 14.0. The third-order valence-electron chi connectivity index (χ3n) is 3.32. The summed E-state index contributed by atoms with van der Waals surface area (Å²) in [6.07, 6.45) is 0.986. The number of methoxy groups -OCH3 is 2. The van der Waals surface area contributed by atoms with E-state index in [0.29, 0.717) is 11.5 Å². The summed E-state index contributed by atoms with van der Waals surface area (Å²) in [6.45, 7) is 0. The lowest BCUT2D eigenvalue weighted by Gasteiger charge is -2.11. The third kappa shape index (κ3) is 4.48. The highest BCUT2D eigenvalue weighted by atomic mass is 19.1. The second-order valence-electron chi connectivity index (χ2n) is 4.96. The van der Waals surface area contributed by atoms with Crippen LogP contribution in [0.1, 0.15) is 0 Å². The quantitative estimate of drug-likeness (QED) is 0.610. The second kappa shape index (κ2) is 8.48. The molecule has 26 heavy (non-hydrogen) atoms. The minimum absolute atomic E-state index is 0.204. The largest absolute Gasteiger partial charge is 0.497 e. The molecule has 1 amide bonds. The molecule has 0 unspecified atom stereocenters. The second-order valence-corrected chi connectivity index (χ2v) is 4.96. The van der Waals surface area contributed by atoms with Crippen LogP contribution >= 0.6 is 0 Å². The Morgan fingerprint density at radius 3 is 2.54 bits per heavy atom. The normalized spacial score (nSPS) is 10.7. The van der Waals surface area contributed by atoms with Crippen molar-refractivity contribution in [2.75, 3.05) is 24.9 Å². The molecular weight excluding hydrogens is 344 g/mol. The van der Waals surface area contributed by atoms with Crippen molar-refractivity contribution < 1.29 is 23.0 Å². The first kappa shape index (κ1) is 18.7. The molecule has 2 aromatic carbocycles. The average Bonchev–Trinajstić information content (AvgIpc) is 2.64. The van der Waals surface area contributed by atoms with E-state index >= 15 is 0 Å². The van der Waals surface area contributed by atoms with Gasteiger partial charge in [-0.2, -0.15) is 5.26 Å². The van der Waals surface area contributed by atoms with E-state index < -0.39 is 17.5 Å². The van der Waals surface area contributed by atoms with Gasteiger partial charge < -0.3 is 20.1 Å². The van der Waals surface area contributed by atoms with Gasteiger partial charge in [0.1, 0.15) is 34.8 Å². The standard InChI is InChI=1S/C18H15F2N3O3/c1-25-13-4-6-17(26-2)16(8-13)23-18(24)11(9-21)10-22-15-7-12(19)3-5-14(15)20/h3-8,10,22H,1-2H3,(H,23,24)/b11-10-. The fourth-order valence-corrected chi connectivity index (χ4v) is 2.01. The van der Waals surface area contributed by atoms with Gasteiger partial charge in [-0.05, 0) is 24.3 Å². The van der Waals surface area contributed by atoms with Gasteiger partial charge in [0.15, 0.2) is 0 Å². The first-order valence-electron chi connectivity index (χ1n) is 7.33. The van der Waals surface area contributed by atoms with Crippen LogP contribution in [0.25, 0.3) is 0 Å². The maximum Gasteiger partial charge on any atom is 0.267 e. The molecule has 6 nitrogen and oxygen atoms in total. The molecule has 0 fully saturated rings.